The van der Waals surface area contributed by atoms with Crippen molar-refractivity contribution in [2.24, 2.45) is 0 Å². The summed E-state index contributed by atoms with van der Waals surface area (Å²) >= 11 is 0. The van der Waals surface area contributed by atoms with Gasteiger partial charge in [0.25, 0.3) is 5.91 Å². The van der Waals surface area contributed by atoms with Gasteiger partial charge in [-0.3, -0.25) is 9.48 Å². The Morgan fingerprint density at radius 3 is 2.77 bits per heavy atom. The molecule has 0 atom stereocenters. The largest absolute Gasteiger partial charge is 0.383 e. The van der Waals surface area contributed by atoms with Crippen molar-refractivity contribution in [1.29, 1.82) is 0 Å². The summed E-state index contributed by atoms with van der Waals surface area (Å²) in [4.78, 5) is 19.8. The summed E-state index contributed by atoms with van der Waals surface area (Å²) in [6.45, 7) is 8.36. The van der Waals surface area contributed by atoms with E-state index in [1.807, 2.05) is 46.8 Å². The molecule has 3 heterocycles. The molecule has 1 amide bonds. The average Bonchev–Trinajstić information content (AvgIpc) is 3.08. The molecule has 1 fully saturated rings. The third-order valence-corrected chi connectivity index (χ3v) is 5.73. The maximum absolute atomic E-state index is 13.2. The monoisotopic (exact) mass is 423 g/mol. The first kappa shape index (κ1) is 21.3. The number of hydrogen-bond donors (Lipinski definition) is 1. The summed E-state index contributed by atoms with van der Waals surface area (Å²) in [6, 6.07) is 9.63. The summed E-state index contributed by atoms with van der Waals surface area (Å²) in [5.74, 6) is 0.698. The SMILES string of the molecule is COCCn1nc(C)c(CNc2cc(C(=O)N3CCOCC3)c3ccccc3n2)c1C. The van der Waals surface area contributed by atoms with Gasteiger partial charge in [-0.15, -0.1) is 0 Å². The fourth-order valence-corrected chi connectivity index (χ4v) is 3.94. The van der Waals surface area contributed by atoms with Crippen LogP contribution < -0.4 is 5.32 Å². The quantitative estimate of drug-likeness (QED) is 0.629. The van der Waals surface area contributed by atoms with Gasteiger partial charge >= 0.3 is 0 Å². The van der Waals surface area contributed by atoms with Gasteiger partial charge in [0.2, 0.25) is 0 Å². The number of hydrogen-bond acceptors (Lipinski definition) is 6. The van der Waals surface area contributed by atoms with Crippen molar-refractivity contribution in [3.8, 4) is 0 Å². The van der Waals surface area contributed by atoms with E-state index in [-0.39, 0.29) is 5.91 Å². The van der Waals surface area contributed by atoms with Gasteiger partial charge in [0.15, 0.2) is 0 Å². The molecule has 31 heavy (non-hydrogen) atoms. The molecule has 0 bridgehead atoms. The second-order valence-corrected chi connectivity index (χ2v) is 7.70. The number of carbonyl (C=O) groups excluding carboxylic acids is 1. The lowest BCUT2D eigenvalue weighted by Gasteiger charge is -2.27. The van der Waals surface area contributed by atoms with Gasteiger partial charge in [-0.2, -0.15) is 5.10 Å². The Morgan fingerprint density at radius 1 is 1.23 bits per heavy atom. The van der Waals surface area contributed by atoms with Crippen LogP contribution in [0.25, 0.3) is 10.9 Å². The van der Waals surface area contributed by atoms with Crippen molar-refractivity contribution >= 4 is 22.6 Å². The van der Waals surface area contributed by atoms with E-state index in [1.165, 1.54) is 0 Å². The number of pyridine rings is 1. The number of aromatic nitrogens is 3. The fourth-order valence-electron chi connectivity index (χ4n) is 3.94. The molecule has 8 nitrogen and oxygen atoms in total. The Hall–Kier alpha value is -2.97. The van der Waals surface area contributed by atoms with Crippen molar-refractivity contribution in [2.75, 3.05) is 45.3 Å². The van der Waals surface area contributed by atoms with Crippen molar-refractivity contribution < 1.29 is 14.3 Å². The number of carbonyl (C=O) groups is 1. The molecular formula is C23H29N5O3. The first-order chi connectivity index (χ1) is 15.1. The summed E-state index contributed by atoms with van der Waals surface area (Å²) in [7, 11) is 1.69. The molecule has 4 rings (SSSR count). The Labute approximate surface area is 182 Å². The van der Waals surface area contributed by atoms with Gasteiger partial charge in [-0.25, -0.2) is 4.98 Å². The van der Waals surface area contributed by atoms with Crippen LogP contribution in [0, 0.1) is 13.8 Å². The van der Waals surface area contributed by atoms with Gasteiger partial charge in [0.05, 0.1) is 43.1 Å². The van der Waals surface area contributed by atoms with E-state index in [1.54, 1.807) is 7.11 Å². The molecule has 1 N–H and O–H groups in total. The third-order valence-electron chi connectivity index (χ3n) is 5.73. The molecule has 1 aliphatic heterocycles. The fraction of sp³-hybridized carbons (Fsp3) is 0.435. The van der Waals surface area contributed by atoms with Gasteiger partial charge in [0.1, 0.15) is 5.82 Å². The topological polar surface area (TPSA) is 81.5 Å². The summed E-state index contributed by atoms with van der Waals surface area (Å²) < 4.78 is 12.5. The highest BCUT2D eigenvalue weighted by Crippen LogP contribution is 2.24. The first-order valence-electron chi connectivity index (χ1n) is 10.6. The molecule has 1 aromatic carbocycles. The molecule has 0 saturated carbocycles. The van der Waals surface area contributed by atoms with Gasteiger partial charge in [0, 0.05) is 43.4 Å². The van der Waals surface area contributed by atoms with Crippen LogP contribution >= 0.6 is 0 Å². The third kappa shape index (κ3) is 4.55. The molecule has 1 aliphatic rings. The summed E-state index contributed by atoms with van der Waals surface area (Å²) in [5.41, 5.74) is 4.68. The number of fused-ring (bicyclic) bond motifs is 1. The number of nitrogens with zero attached hydrogens (tertiary/aromatic N) is 4. The lowest BCUT2D eigenvalue weighted by molar-refractivity contribution is 0.0304. The number of morpholine rings is 1. The van der Waals surface area contributed by atoms with E-state index in [4.69, 9.17) is 14.5 Å². The zero-order valence-corrected chi connectivity index (χ0v) is 18.4. The van der Waals surface area contributed by atoms with E-state index in [0.717, 1.165) is 34.4 Å². The highest BCUT2D eigenvalue weighted by atomic mass is 16.5. The zero-order valence-electron chi connectivity index (χ0n) is 18.4. The molecular weight excluding hydrogens is 394 g/mol. The minimum absolute atomic E-state index is 0.0182. The van der Waals surface area contributed by atoms with E-state index < -0.39 is 0 Å². The van der Waals surface area contributed by atoms with Crippen LogP contribution in [0.15, 0.2) is 30.3 Å². The van der Waals surface area contributed by atoms with Gasteiger partial charge in [-0.1, -0.05) is 18.2 Å². The van der Waals surface area contributed by atoms with Crippen LogP contribution in [0.5, 0.6) is 0 Å². The number of benzene rings is 1. The number of methoxy groups -OCH3 is 1. The smallest absolute Gasteiger partial charge is 0.254 e. The molecule has 2 aromatic heterocycles. The molecule has 0 radical (unpaired) electrons. The highest BCUT2D eigenvalue weighted by molar-refractivity contribution is 6.07. The predicted molar refractivity (Wildman–Crippen MR) is 119 cm³/mol. The molecule has 3 aromatic rings. The predicted octanol–water partition coefficient (Wildman–Crippen LogP) is 2.78. The lowest BCUT2D eigenvalue weighted by atomic mass is 10.1. The average molecular weight is 424 g/mol. The Bertz CT molecular complexity index is 1070. The molecule has 164 valence electrons. The van der Waals surface area contributed by atoms with Crippen LogP contribution in [-0.2, 0) is 22.6 Å². The standard InChI is InChI=1S/C23H29N5O3/c1-16-20(17(2)28(26-16)10-11-30-3)15-24-22-14-19(18-6-4-5-7-21(18)25-22)23(29)27-8-12-31-13-9-27/h4-7,14H,8-13,15H2,1-3H3,(H,24,25). The Balaban J connectivity index is 1.60. The number of para-hydroxylation sites is 1. The minimum atomic E-state index is 0.0182. The number of ether oxygens (including phenoxy) is 2. The van der Waals surface area contributed by atoms with Crippen LogP contribution in [0.3, 0.4) is 0 Å². The first-order valence-corrected chi connectivity index (χ1v) is 10.6. The van der Waals surface area contributed by atoms with E-state index in [0.29, 0.717) is 50.8 Å². The van der Waals surface area contributed by atoms with Crippen LogP contribution in [0.2, 0.25) is 0 Å². The van der Waals surface area contributed by atoms with E-state index in [2.05, 4.69) is 17.3 Å². The molecule has 0 unspecified atom stereocenters. The normalized spacial score (nSPS) is 14.2. The highest BCUT2D eigenvalue weighted by Gasteiger charge is 2.21. The summed E-state index contributed by atoms with van der Waals surface area (Å²) in [5, 5.41) is 8.90. The Morgan fingerprint density at radius 2 is 2.00 bits per heavy atom. The lowest BCUT2D eigenvalue weighted by Crippen LogP contribution is -2.40. The van der Waals surface area contributed by atoms with Crippen molar-refractivity contribution in [1.82, 2.24) is 19.7 Å². The second kappa shape index (κ2) is 9.45. The van der Waals surface area contributed by atoms with Crippen LogP contribution in [-0.4, -0.2) is 65.6 Å². The maximum atomic E-state index is 13.2. The van der Waals surface area contributed by atoms with Gasteiger partial charge < -0.3 is 19.7 Å². The summed E-state index contributed by atoms with van der Waals surface area (Å²) in [6.07, 6.45) is 0. The molecule has 0 aliphatic carbocycles. The second-order valence-electron chi connectivity index (χ2n) is 7.70. The number of aryl methyl sites for hydroxylation is 1. The van der Waals surface area contributed by atoms with Crippen molar-refractivity contribution in [3.05, 3.63) is 52.8 Å². The Kier molecular flexibility index (Phi) is 6.48. The minimum Gasteiger partial charge on any atom is -0.383 e. The molecule has 0 spiro atoms. The number of anilines is 1. The van der Waals surface area contributed by atoms with Crippen molar-refractivity contribution in [2.45, 2.75) is 26.9 Å². The number of amides is 1. The zero-order chi connectivity index (χ0) is 21.8. The van der Waals surface area contributed by atoms with Crippen LogP contribution in [0.1, 0.15) is 27.3 Å². The number of nitrogens with one attached hydrogen (secondary N) is 1. The molecule has 8 heteroatoms. The van der Waals surface area contributed by atoms with Crippen LogP contribution in [0.4, 0.5) is 5.82 Å². The van der Waals surface area contributed by atoms with E-state index >= 15 is 0 Å². The molecule has 1 saturated heterocycles. The maximum Gasteiger partial charge on any atom is 0.254 e. The van der Waals surface area contributed by atoms with Gasteiger partial charge in [-0.05, 0) is 26.0 Å². The van der Waals surface area contributed by atoms with E-state index in [9.17, 15) is 4.79 Å². The number of rotatable bonds is 7. The van der Waals surface area contributed by atoms with Crippen molar-refractivity contribution in [3.63, 3.8) is 0 Å².